The summed E-state index contributed by atoms with van der Waals surface area (Å²) in [6.45, 7) is 3.85. The Hall–Kier alpha value is -3.15. The first-order valence-corrected chi connectivity index (χ1v) is 8.13. The van der Waals surface area contributed by atoms with Crippen molar-refractivity contribution in [1.29, 1.82) is 0 Å². The number of benzene rings is 2. The molecule has 0 saturated heterocycles. The summed E-state index contributed by atoms with van der Waals surface area (Å²) >= 11 is 0. The van der Waals surface area contributed by atoms with E-state index in [9.17, 15) is 9.59 Å². The molecule has 1 amide bonds. The van der Waals surface area contributed by atoms with Crippen LogP contribution in [-0.2, 0) is 11.2 Å². The van der Waals surface area contributed by atoms with Crippen molar-refractivity contribution in [2.24, 2.45) is 5.41 Å². The highest BCUT2D eigenvalue weighted by molar-refractivity contribution is 5.98. The lowest BCUT2D eigenvalue weighted by Gasteiger charge is -2.30. The van der Waals surface area contributed by atoms with Crippen LogP contribution in [0, 0.1) is 5.41 Å². The second-order valence-electron chi connectivity index (χ2n) is 6.95. The Balaban J connectivity index is 1.68. The fourth-order valence-electron chi connectivity index (χ4n) is 3.08. The third-order valence-corrected chi connectivity index (χ3v) is 4.49. The van der Waals surface area contributed by atoms with Crippen LogP contribution in [0.25, 0.3) is 10.9 Å². The molecule has 1 aliphatic rings. The summed E-state index contributed by atoms with van der Waals surface area (Å²) in [6, 6.07) is 13.0. The first kappa shape index (κ1) is 15.4. The molecule has 3 aromatic rings. The topological polar surface area (TPSA) is 86.9 Å². The Labute approximate surface area is 144 Å². The molecule has 1 aliphatic heterocycles. The molecule has 126 valence electrons. The average molecular weight is 334 g/mol. The van der Waals surface area contributed by atoms with Gasteiger partial charge < -0.3 is 15.6 Å². The van der Waals surface area contributed by atoms with Gasteiger partial charge in [-0.1, -0.05) is 26.0 Å². The molecule has 0 bridgehead atoms. The molecule has 2 aromatic carbocycles. The van der Waals surface area contributed by atoms with Gasteiger partial charge in [0.15, 0.2) is 0 Å². The van der Waals surface area contributed by atoms with E-state index >= 15 is 0 Å². The summed E-state index contributed by atoms with van der Waals surface area (Å²) in [6.07, 6.45) is 0.658. The predicted molar refractivity (Wildman–Crippen MR) is 98.2 cm³/mol. The molecule has 0 unspecified atom stereocenters. The smallest absolute Gasteiger partial charge is 0.282 e. The third-order valence-electron chi connectivity index (χ3n) is 4.49. The van der Waals surface area contributed by atoms with E-state index in [0.717, 1.165) is 22.5 Å². The summed E-state index contributed by atoms with van der Waals surface area (Å²) in [7, 11) is 0. The Morgan fingerprint density at radius 3 is 2.76 bits per heavy atom. The van der Waals surface area contributed by atoms with Crippen LogP contribution in [0.4, 0.5) is 17.3 Å². The minimum atomic E-state index is -0.443. The second-order valence-corrected chi connectivity index (χ2v) is 6.95. The molecule has 0 spiro atoms. The Kier molecular flexibility index (Phi) is 3.35. The highest BCUT2D eigenvalue weighted by atomic mass is 16.2. The van der Waals surface area contributed by atoms with Crippen LogP contribution in [-0.4, -0.2) is 15.9 Å². The molecule has 4 rings (SSSR count). The molecule has 0 radical (unpaired) electrons. The van der Waals surface area contributed by atoms with Crippen molar-refractivity contribution < 1.29 is 4.79 Å². The number of hydrogen-bond donors (Lipinski definition) is 3. The summed E-state index contributed by atoms with van der Waals surface area (Å²) in [5.41, 5.74) is 2.71. The van der Waals surface area contributed by atoms with E-state index in [0.29, 0.717) is 17.8 Å². The van der Waals surface area contributed by atoms with Crippen molar-refractivity contribution in [3.63, 3.8) is 0 Å². The van der Waals surface area contributed by atoms with Gasteiger partial charge in [-0.25, -0.2) is 0 Å². The Bertz CT molecular complexity index is 1050. The van der Waals surface area contributed by atoms with Crippen molar-refractivity contribution in [3.05, 3.63) is 58.4 Å². The van der Waals surface area contributed by atoms with Crippen molar-refractivity contribution in [1.82, 2.24) is 9.97 Å². The zero-order valence-corrected chi connectivity index (χ0v) is 14.0. The Morgan fingerprint density at radius 1 is 1.12 bits per heavy atom. The fourth-order valence-corrected chi connectivity index (χ4v) is 3.08. The number of carbonyl (C=O) groups excluding carboxylic acids is 1. The lowest BCUT2D eigenvalue weighted by atomic mass is 9.81. The van der Waals surface area contributed by atoms with Crippen molar-refractivity contribution in [3.8, 4) is 0 Å². The molecule has 6 heteroatoms. The summed E-state index contributed by atoms with van der Waals surface area (Å²) < 4.78 is 0. The van der Waals surface area contributed by atoms with Gasteiger partial charge >= 0.3 is 0 Å². The number of para-hydroxylation sites is 1. The zero-order valence-electron chi connectivity index (χ0n) is 14.0. The highest BCUT2D eigenvalue weighted by Gasteiger charge is 2.33. The molecule has 0 saturated carbocycles. The SMILES string of the molecule is CC1(C)Cc2cc(Nc3nc(=O)c4ccccc4[nH]3)ccc2NC1=O. The van der Waals surface area contributed by atoms with E-state index in [-0.39, 0.29) is 11.5 Å². The van der Waals surface area contributed by atoms with E-state index in [2.05, 4.69) is 20.6 Å². The van der Waals surface area contributed by atoms with E-state index < -0.39 is 5.41 Å². The van der Waals surface area contributed by atoms with Gasteiger partial charge in [0.2, 0.25) is 11.9 Å². The zero-order chi connectivity index (χ0) is 17.6. The number of H-pyrrole nitrogens is 1. The minimum absolute atomic E-state index is 0.0289. The molecular weight excluding hydrogens is 316 g/mol. The molecule has 2 heterocycles. The molecule has 0 fully saturated rings. The first-order chi connectivity index (χ1) is 11.9. The van der Waals surface area contributed by atoms with E-state index in [4.69, 9.17) is 0 Å². The van der Waals surface area contributed by atoms with E-state index in [1.54, 1.807) is 6.07 Å². The van der Waals surface area contributed by atoms with Crippen LogP contribution in [0.15, 0.2) is 47.3 Å². The molecule has 0 aliphatic carbocycles. The number of hydrogen-bond acceptors (Lipinski definition) is 4. The minimum Gasteiger partial charge on any atom is -0.326 e. The van der Waals surface area contributed by atoms with Crippen molar-refractivity contribution in [2.45, 2.75) is 20.3 Å². The number of aromatic amines is 1. The number of nitrogens with zero attached hydrogens (tertiary/aromatic N) is 1. The maximum absolute atomic E-state index is 12.1. The van der Waals surface area contributed by atoms with Gasteiger partial charge in [0.1, 0.15) is 0 Å². The largest absolute Gasteiger partial charge is 0.326 e. The average Bonchev–Trinajstić information content (AvgIpc) is 2.56. The van der Waals surface area contributed by atoms with E-state index in [1.807, 2.05) is 50.2 Å². The maximum Gasteiger partial charge on any atom is 0.282 e. The quantitative estimate of drug-likeness (QED) is 0.672. The number of amides is 1. The van der Waals surface area contributed by atoms with Crippen LogP contribution >= 0.6 is 0 Å². The number of fused-ring (bicyclic) bond motifs is 2. The summed E-state index contributed by atoms with van der Waals surface area (Å²) in [4.78, 5) is 31.4. The van der Waals surface area contributed by atoms with Gasteiger partial charge in [-0.15, -0.1) is 0 Å². The van der Waals surface area contributed by atoms with Crippen molar-refractivity contribution in [2.75, 3.05) is 10.6 Å². The third kappa shape index (κ3) is 2.76. The predicted octanol–water partition coefficient (Wildman–Crippen LogP) is 3.19. The van der Waals surface area contributed by atoms with Gasteiger partial charge in [-0.05, 0) is 42.3 Å². The van der Waals surface area contributed by atoms with Crippen LogP contribution in [0.5, 0.6) is 0 Å². The van der Waals surface area contributed by atoms with Crippen LogP contribution in [0.2, 0.25) is 0 Å². The van der Waals surface area contributed by atoms with Gasteiger partial charge in [-0.2, -0.15) is 4.98 Å². The molecule has 1 aromatic heterocycles. The van der Waals surface area contributed by atoms with Gasteiger partial charge in [0, 0.05) is 16.8 Å². The van der Waals surface area contributed by atoms with Crippen LogP contribution in [0.1, 0.15) is 19.4 Å². The van der Waals surface area contributed by atoms with Gasteiger partial charge in [0.25, 0.3) is 5.56 Å². The maximum atomic E-state index is 12.1. The second kappa shape index (κ2) is 5.44. The summed E-state index contributed by atoms with van der Waals surface area (Å²) in [5.74, 6) is 0.420. The number of nitrogens with one attached hydrogen (secondary N) is 3. The number of rotatable bonds is 2. The van der Waals surface area contributed by atoms with Crippen LogP contribution in [0.3, 0.4) is 0 Å². The molecule has 3 N–H and O–H groups in total. The summed E-state index contributed by atoms with van der Waals surface area (Å²) in [5, 5.41) is 6.64. The normalized spacial score (nSPS) is 15.5. The van der Waals surface area contributed by atoms with Crippen LogP contribution < -0.4 is 16.2 Å². The van der Waals surface area contributed by atoms with Crippen molar-refractivity contribution >= 4 is 34.1 Å². The number of anilines is 3. The molecule has 6 nitrogen and oxygen atoms in total. The van der Waals surface area contributed by atoms with Gasteiger partial charge in [0.05, 0.1) is 10.9 Å². The molecule has 0 atom stereocenters. The number of carbonyl (C=O) groups is 1. The first-order valence-electron chi connectivity index (χ1n) is 8.13. The Morgan fingerprint density at radius 2 is 1.92 bits per heavy atom. The van der Waals surface area contributed by atoms with Gasteiger partial charge in [-0.3, -0.25) is 9.59 Å². The lowest BCUT2D eigenvalue weighted by Crippen LogP contribution is -2.37. The molecule has 25 heavy (non-hydrogen) atoms. The highest BCUT2D eigenvalue weighted by Crippen LogP contribution is 2.34. The van der Waals surface area contributed by atoms with E-state index in [1.165, 1.54) is 0 Å². The standard InChI is InChI=1S/C19H18N4O2/c1-19(2)10-11-9-12(7-8-14(11)21-17(19)25)20-18-22-15-6-4-3-5-13(15)16(24)23-18/h3-9H,10H2,1-2H3,(H,21,25)(H2,20,22,23,24). The lowest BCUT2D eigenvalue weighted by molar-refractivity contribution is -0.124. The monoisotopic (exact) mass is 334 g/mol. The fraction of sp³-hybridized carbons (Fsp3) is 0.211. The number of aromatic nitrogens is 2. The molecular formula is C19H18N4O2.